The monoisotopic (exact) mass is 255 g/mol. The largest absolute Gasteiger partial charge is 0.508 e. The lowest BCUT2D eigenvalue weighted by Crippen LogP contribution is -2.06. The second-order valence-corrected chi connectivity index (χ2v) is 4.26. The molecule has 0 saturated carbocycles. The molecular weight excluding hydrogens is 242 g/mol. The predicted octanol–water partition coefficient (Wildman–Crippen LogP) is 1.75. The van der Waals surface area contributed by atoms with Crippen molar-refractivity contribution < 1.29 is 5.11 Å². The van der Waals surface area contributed by atoms with Crippen LogP contribution in [0, 0.1) is 6.92 Å². The van der Waals surface area contributed by atoms with Gasteiger partial charge in [0.1, 0.15) is 5.75 Å². The molecule has 96 valence electrons. The lowest BCUT2D eigenvalue weighted by atomic mass is 10.3. The van der Waals surface area contributed by atoms with Gasteiger partial charge >= 0.3 is 0 Å². The standard InChI is InChI=1S/C13H13N5O/c1-9-2-7-12-15-16-13(18(12)17-9)8-14-10-3-5-11(19)6-4-10/h2-7,14,19H,8H2,1H3. The minimum absolute atomic E-state index is 0.246. The number of aryl methyl sites for hydroxylation is 1. The van der Waals surface area contributed by atoms with Crippen molar-refractivity contribution in [3.8, 4) is 5.75 Å². The molecule has 3 rings (SSSR count). The first-order chi connectivity index (χ1) is 9.22. The Morgan fingerprint density at radius 1 is 1.11 bits per heavy atom. The van der Waals surface area contributed by atoms with E-state index in [1.807, 2.05) is 19.1 Å². The van der Waals surface area contributed by atoms with Gasteiger partial charge in [-0.1, -0.05) is 0 Å². The van der Waals surface area contributed by atoms with E-state index in [9.17, 15) is 5.11 Å². The number of anilines is 1. The van der Waals surface area contributed by atoms with Gasteiger partial charge < -0.3 is 10.4 Å². The summed E-state index contributed by atoms with van der Waals surface area (Å²) in [6.45, 7) is 2.44. The molecule has 2 heterocycles. The number of fused-ring (bicyclic) bond motifs is 1. The molecule has 0 aliphatic heterocycles. The summed E-state index contributed by atoms with van der Waals surface area (Å²) in [5.41, 5.74) is 2.55. The van der Waals surface area contributed by atoms with Crippen molar-refractivity contribution in [2.45, 2.75) is 13.5 Å². The highest BCUT2D eigenvalue weighted by molar-refractivity contribution is 5.46. The first-order valence-corrected chi connectivity index (χ1v) is 5.93. The summed E-state index contributed by atoms with van der Waals surface area (Å²) in [5, 5.41) is 25.0. The van der Waals surface area contributed by atoms with Crippen LogP contribution in [0.1, 0.15) is 11.5 Å². The van der Waals surface area contributed by atoms with Gasteiger partial charge in [-0.05, 0) is 43.3 Å². The molecular formula is C13H13N5O. The summed E-state index contributed by atoms with van der Waals surface area (Å²) < 4.78 is 1.72. The SMILES string of the molecule is Cc1ccc2nnc(CNc3ccc(O)cc3)n2n1. The number of nitrogens with zero attached hydrogens (tertiary/aromatic N) is 4. The Labute approximate surface area is 109 Å². The number of rotatable bonds is 3. The van der Waals surface area contributed by atoms with Crippen LogP contribution in [0.4, 0.5) is 5.69 Å². The molecule has 0 fully saturated rings. The van der Waals surface area contributed by atoms with Crippen LogP contribution in [0.15, 0.2) is 36.4 Å². The predicted molar refractivity (Wildman–Crippen MR) is 71.0 cm³/mol. The average Bonchev–Trinajstić information content (AvgIpc) is 2.80. The van der Waals surface area contributed by atoms with E-state index in [-0.39, 0.29) is 5.75 Å². The van der Waals surface area contributed by atoms with Crippen LogP contribution in [-0.2, 0) is 6.54 Å². The Bertz CT molecular complexity index is 705. The zero-order valence-corrected chi connectivity index (χ0v) is 10.4. The Morgan fingerprint density at radius 2 is 1.89 bits per heavy atom. The maximum atomic E-state index is 9.22. The van der Waals surface area contributed by atoms with Crippen molar-refractivity contribution in [1.82, 2.24) is 19.8 Å². The first-order valence-electron chi connectivity index (χ1n) is 5.93. The van der Waals surface area contributed by atoms with Crippen molar-refractivity contribution >= 4 is 11.3 Å². The molecule has 2 N–H and O–H groups in total. The molecule has 6 heteroatoms. The fourth-order valence-corrected chi connectivity index (χ4v) is 1.80. The van der Waals surface area contributed by atoms with E-state index < -0.39 is 0 Å². The first kappa shape index (κ1) is 11.5. The van der Waals surface area contributed by atoms with E-state index in [4.69, 9.17) is 0 Å². The van der Waals surface area contributed by atoms with Crippen LogP contribution in [0.2, 0.25) is 0 Å². The number of phenols is 1. The third-order valence-corrected chi connectivity index (χ3v) is 2.78. The molecule has 0 bridgehead atoms. The maximum Gasteiger partial charge on any atom is 0.177 e. The molecule has 0 aliphatic rings. The van der Waals surface area contributed by atoms with Crippen molar-refractivity contribution in [2.75, 3.05) is 5.32 Å². The molecule has 0 spiro atoms. The van der Waals surface area contributed by atoms with Gasteiger partial charge in [-0.2, -0.15) is 9.61 Å². The van der Waals surface area contributed by atoms with Crippen LogP contribution in [-0.4, -0.2) is 24.9 Å². The summed E-state index contributed by atoms with van der Waals surface area (Å²) >= 11 is 0. The maximum absolute atomic E-state index is 9.22. The number of aromatic hydroxyl groups is 1. The average molecular weight is 255 g/mol. The summed E-state index contributed by atoms with van der Waals surface area (Å²) in [6, 6.07) is 10.7. The van der Waals surface area contributed by atoms with E-state index >= 15 is 0 Å². The third kappa shape index (κ3) is 2.33. The summed E-state index contributed by atoms with van der Waals surface area (Å²) in [4.78, 5) is 0. The number of aromatic nitrogens is 4. The number of hydrogen-bond acceptors (Lipinski definition) is 5. The smallest absolute Gasteiger partial charge is 0.177 e. The molecule has 0 aliphatic carbocycles. The molecule has 6 nitrogen and oxygen atoms in total. The second kappa shape index (κ2) is 4.56. The van der Waals surface area contributed by atoms with Gasteiger partial charge in [-0.25, -0.2) is 0 Å². The molecule has 0 saturated heterocycles. The van der Waals surface area contributed by atoms with Crippen LogP contribution < -0.4 is 5.32 Å². The highest BCUT2D eigenvalue weighted by Gasteiger charge is 2.06. The van der Waals surface area contributed by atoms with Crippen LogP contribution in [0.3, 0.4) is 0 Å². The van der Waals surface area contributed by atoms with Gasteiger partial charge in [-0.3, -0.25) is 0 Å². The molecule has 0 atom stereocenters. The van der Waals surface area contributed by atoms with Crippen LogP contribution in [0.5, 0.6) is 5.75 Å². The molecule has 19 heavy (non-hydrogen) atoms. The molecule has 2 aromatic heterocycles. The molecule has 0 amide bonds. The molecule has 0 unspecified atom stereocenters. The lowest BCUT2D eigenvalue weighted by molar-refractivity contribution is 0.475. The van der Waals surface area contributed by atoms with Gasteiger partial charge in [0, 0.05) is 5.69 Å². The lowest BCUT2D eigenvalue weighted by Gasteiger charge is -2.05. The highest BCUT2D eigenvalue weighted by Crippen LogP contribution is 2.14. The van der Waals surface area contributed by atoms with Gasteiger partial charge in [0.15, 0.2) is 11.5 Å². The summed E-state index contributed by atoms with van der Waals surface area (Å²) in [7, 11) is 0. The zero-order valence-electron chi connectivity index (χ0n) is 10.4. The Kier molecular flexibility index (Phi) is 2.75. The summed E-state index contributed by atoms with van der Waals surface area (Å²) in [5.74, 6) is 0.988. The van der Waals surface area contributed by atoms with E-state index in [1.54, 1.807) is 28.8 Å². The molecule has 3 aromatic rings. The van der Waals surface area contributed by atoms with Gasteiger partial charge in [0.25, 0.3) is 0 Å². The second-order valence-electron chi connectivity index (χ2n) is 4.26. The molecule has 0 radical (unpaired) electrons. The van der Waals surface area contributed by atoms with Crippen LogP contribution >= 0.6 is 0 Å². The minimum atomic E-state index is 0.246. The van der Waals surface area contributed by atoms with Gasteiger partial charge in [0.05, 0.1) is 12.2 Å². The fraction of sp³-hybridized carbons (Fsp3) is 0.154. The van der Waals surface area contributed by atoms with Crippen molar-refractivity contribution in [3.63, 3.8) is 0 Å². The van der Waals surface area contributed by atoms with Crippen molar-refractivity contribution in [1.29, 1.82) is 0 Å². The topological polar surface area (TPSA) is 75.3 Å². The highest BCUT2D eigenvalue weighted by atomic mass is 16.3. The quantitative estimate of drug-likeness (QED) is 0.697. The Balaban J connectivity index is 1.81. The third-order valence-electron chi connectivity index (χ3n) is 2.78. The number of phenolic OH excluding ortho intramolecular Hbond substituents is 1. The number of nitrogens with one attached hydrogen (secondary N) is 1. The van der Waals surface area contributed by atoms with Gasteiger partial charge in [-0.15, -0.1) is 10.2 Å². The minimum Gasteiger partial charge on any atom is -0.508 e. The van der Waals surface area contributed by atoms with Gasteiger partial charge in [0.2, 0.25) is 0 Å². The van der Waals surface area contributed by atoms with E-state index in [0.29, 0.717) is 6.54 Å². The van der Waals surface area contributed by atoms with E-state index in [2.05, 4.69) is 20.6 Å². The normalized spacial score (nSPS) is 10.8. The molecule has 1 aromatic carbocycles. The van der Waals surface area contributed by atoms with Crippen molar-refractivity contribution in [2.24, 2.45) is 0 Å². The van der Waals surface area contributed by atoms with Crippen LogP contribution in [0.25, 0.3) is 5.65 Å². The fourth-order valence-electron chi connectivity index (χ4n) is 1.80. The number of benzene rings is 1. The number of hydrogen-bond donors (Lipinski definition) is 2. The van der Waals surface area contributed by atoms with E-state index in [1.165, 1.54) is 0 Å². The van der Waals surface area contributed by atoms with E-state index in [0.717, 1.165) is 22.9 Å². The van der Waals surface area contributed by atoms with Crippen molar-refractivity contribution in [3.05, 3.63) is 47.9 Å². The summed E-state index contributed by atoms with van der Waals surface area (Å²) in [6.07, 6.45) is 0. The zero-order chi connectivity index (χ0) is 13.2. The Morgan fingerprint density at radius 3 is 2.68 bits per heavy atom. The Hall–Kier alpha value is -2.63.